The first kappa shape index (κ1) is 18.8. The van der Waals surface area contributed by atoms with Gasteiger partial charge in [-0.1, -0.05) is 23.2 Å². The second kappa shape index (κ2) is 7.49. The molecule has 2 N–H and O–H groups in total. The predicted octanol–water partition coefficient (Wildman–Crippen LogP) is 4.39. The number of amides is 1. The van der Waals surface area contributed by atoms with E-state index in [-0.39, 0.29) is 24.1 Å². The van der Waals surface area contributed by atoms with Gasteiger partial charge in [0, 0.05) is 33.9 Å². The first-order valence-electron chi connectivity index (χ1n) is 9.06. The van der Waals surface area contributed by atoms with Gasteiger partial charge in [0.25, 0.3) is 5.56 Å². The second-order valence-electron chi connectivity index (χ2n) is 6.94. The van der Waals surface area contributed by atoms with E-state index in [1.165, 1.54) is 0 Å². The topological polar surface area (TPSA) is 65.2 Å². The molecule has 3 aromatic rings. The number of H-pyrrole nitrogens is 1. The zero-order chi connectivity index (χ0) is 19.8. The summed E-state index contributed by atoms with van der Waals surface area (Å²) in [5, 5.41) is 5.82. The first-order valence-corrected chi connectivity index (χ1v) is 9.82. The Balaban J connectivity index is 1.49. The van der Waals surface area contributed by atoms with Crippen LogP contribution in [0.3, 0.4) is 0 Å². The maximum Gasteiger partial charge on any atom is 0.255 e. The molecule has 28 heavy (non-hydrogen) atoms. The number of halogens is 2. The highest BCUT2D eigenvalue weighted by molar-refractivity contribution is 6.35. The number of rotatable bonds is 3. The van der Waals surface area contributed by atoms with Crippen molar-refractivity contribution >= 4 is 45.6 Å². The Morgan fingerprint density at radius 3 is 2.89 bits per heavy atom. The van der Waals surface area contributed by atoms with Crippen molar-refractivity contribution < 1.29 is 4.79 Å². The maximum atomic E-state index is 12.8. The third-order valence-corrected chi connectivity index (χ3v) is 5.76. The van der Waals surface area contributed by atoms with Crippen molar-refractivity contribution in [1.29, 1.82) is 0 Å². The Labute approximate surface area is 172 Å². The molecule has 1 aliphatic heterocycles. The lowest BCUT2D eigenvalue weighted by Crippen LogP contribution is -2.41. The number of fused-ring (bicyclic) bond motifs is 2. The fraction of sp³-hybridized carbons (Fsp3) is 0.238. The van der Waals surface area contributed by atoms with Crippen molar-refractivity contribution in [2.45, 2.75) is 19.4 Å². The predicted molar refractivity (Wildman–Crippen MR) is 113 cm³/mol. The summed E-state index contributed by atoms with van der Waals surface area (Å²) in [5.41, 5.74) is 2.73. The van der Waals surface area contributed by atoms with Crippen LogP contribution in [0, 0.1) is 0 Å². The van der Waals surface area contributed by atoms with E-state index in [0.29, 0.717) is 22.0 Å². The zero-order valence-electron chi connectivity index (χ0n) is 15.3. The van der Waals surface area contributed by atoms with Crippen LogP contribution < -0.4 is 10.9 Å². The van der Waals surface area contributed by atoms with E-state index >= 15 is 0 Å². The number of nitrogens with zero attached hydrogens (tertiary/aromatic N) is 1. The molecular weight excluding hydrogens is 397 g/mol. The van der Waals surface area contributed by atoms with E-state index in [1.54, 1.807) is 24.4 Å². The summed E-state index contributed by atoms with van der Waals surface area (Å²) in [6.45, 7) is 2.77. The number of aromatic amines is 1. The Morgan fingerprint density at radius 2 is 2.07 bits per heavy atom. The Kier molecular flexibility index (Phi) is 5.04. The molecular formula is C21H19Cl2N3O2. The third kappa shape index (κ3) is 3.48. The van der Waals surface area contributed by atoms with E-state index in [1.807, 2.05) is 30.0 Å². The van der Waals surface area contributed by atoms with Gasteiger partial charge in [-0.3, -0.25) is 9.59 Å². The van der Waals surface area contributed by atoms with Crippen LogP contribution >= 0.6 is 23.2 Å². The Bertz CT molecular complexity index is 1130. The van der Waals surface area contributed by atoms with Gasteiger partial charge in [-0.05, 0) is 66.3 Å². The SMILES string of the molecule is CC1c2c(Cl)cc(Cl)cc2CCN1C(=O)CNc1ccc2c(=O)[nH]ccc2c1. The standard InChI is InChI=1S/C21H19Cl2N3O2/c1-12-20-14(8-15(22)10-18(20)23)5-7-26(12)19(27)11-25-16-2-3-17-13(9-16)4-6-24-21(17)28/h2-4,6,8-10,12,25H,5,7,11H2,1H3,(H,24,28). The Hall–Kier alpha value is -2.50. The van der Waals surface area contributed by atoms with Crippen molar-refractivity contribution in [3.05, 3.63) is 74.1 Å². The molecule has 0 bridgehead atoms. The normalized spacial score (nSPS) is 16.1. The van der Waals surface area contributed by atoms with Crippen LogP contribution in [0.2, 0.25) is 10.0 Å². The number of pyridine rings is 1. The van der Waals surface area contributed by atoms with Crippen molar-refractivity contribution in [2.75, 3.05) is 18.4 Å². The summed E-state index contributed by atoms with van der Waals surface area (Å²) >= 11 is 12.5. The van der Waals surface area contributed by atoms with Crippen molar-refractivity contribution in [2.24, 2.45) is 0 Å². The van der Waals surface area contributed by atoms with E-state index < -0.39 is 0 Å². The van der Waals surface area contributed by atoms with Crippen LogP contribution in [0.25, 0.3) is 10.8 Å². The molecule has 0 radical (unpaired) electrons. The number of carbonyl (C=O) groups is 1. The van der Waals surface area contributed by atoms with Gasteiger partial charge in [0.15, 0.2) is 0 Å². The average Bonchev–Trinajstić information content (AvgIpc) is 2.66. The largest absolute Gasteiger partial charge is 0.376 e. The van der Waals surface area contributed by atoms with E-state index in [4.69, 9.17) is 23.2 Å². The summed E-state index contributed by atoms with van der Waals surface area (Å²) in [4.78, 5) is 29.1. The summed E-state index contributed by atoms with van der Waals surface area (Å²) in [7, 11) is 0. The van der Waals surface area contributed by atoms with E-state index in [2.05, 4.69) is 10.3 Å². The summed E-state index contributed by atoms with van der Waals surface area (Å²) in [5.74, 6) is -0.00447. The molecule has 1 aromatic heterocycles. The molecule has 1 amide bonds. The molecule has 1 atom stereocenters. The first-order chi connectivity index (χ1) is 13.4. The monoisotopic (exact) mass is 415 g/mol. The molecule has 0 saturated heterocycles. The fourth-order valence-electron chi connectivity index (χ4n) is 3.83. The molecule has 2 aromatic carbocycles. The van der Waals surface area contributed by atoms with Crippen LogP contribution in [0.4, 0.5) is 5.69 Å². The summed E-state index contributed by atoms with van der Waals surface area (Å²) in [6, 6.07) is 10.8. The van der Waals surface area contributed by atoms with E-state index in [9.17, 15) is 9.59 Å². The van der Waals surface area contributed by atoms with Gasteiger partial charge in [-0.15, -0.1) is 0 Å². The minimum atomic E-state index is -0.127. The number of aromatic nitrogens is 1. The second-order valence-corrected chi connectivity index (χ2v) is 7.78. The number of hydrogen-bond donors (Lipinski definition) is 2. The van der Waals surface area contributed by atoms with Crippen LogP contribution in [-0.2, 0) is 11.2 Å². The van der Waals surface area contributed by atoms with Gasteiger partial charge in [0.05, 0.1) is 12.6 Å². The average molecular weight is 416 g/mol. The van der Waals surface area contributed by atoms with Crippen LogP contribution in [-0.4, -0.2) is 28.9 Å². The third-order valence-electron chi connectivity index (χ3n) is 5.22. The highest BCUT2D eigenvalue weighted by Gasteiger charge is 2.29. The minimum absolute atomic E-state index is 0.00447. The molecule has 1 unspecified atom stereocenters. The molecule has 0 spiro atoms. The highest BCUT2D eigenvalue weighted by Crippen LogP contribution is 2.36. The lowest BCUT2D eigenvalue weighted by Gasteiger charge is -2.36. The van der Waals surface area contributed by atoms with Crippen molar-refractivity contribution in [1.82, 2.24) is 9.88 Å². The van der Waals surface area contributed by atoms with Gasteiger partial charge in [0.2, 0.25) is 5.91 Å². The number of hydrogen-bond acceptors (Lipinski definition) is 3. The van der Waals surface area contributed by atoms with Gasteiger partial charge >= 0.3 is 0 Å². The fourth-order valence-corrected chi connectivity index (χ4v) is 4.52. The van der Waals surface area contributed by atoms with Gasteiger partial charge < -0.3 is 15.2 Å². The summed E-state index contributed by atoms with van der Waals surface area (Å²) in [6.07, 6.45) is 2.34. The van der Waals surface area contributed by atoms with Crippen molar-refractivity contribution in [3.63, 3.8) is 0 Å². The maximum absolute atomic E-state index is 12.8. The molecule has 0 fully saturated rings. The molecule has 0 saturated carbocycles. The minimum Gasteiger partial charge on any atom is -0.376 e. The molecule has 4 rings (SSSR count). The lowest BCUT2D eigenvalue weighted by atomic mass is 9.93. The number of nitrogens with one attached hydrogen (secondary N) is 2. The molecule has 5 nitrogen and oxygen atoms in total. The molecule has 1 aliphatic rings. The smallest absolute Gasteiger partial charge is 0.255 e. The van der Waals surface area contributed by atoms with Crippen LogP contribution in [0.5, 0.6) is 0 Å². The van der Waals surface area contributed by atoms with Gasteiger partial charge in [0.1, 0.15) is 0 Å². The molecule has 0 aliphatic carbocycles. The summed E-state index contributed by atoms with van der Waals surface area (Å²) < 4.78 is 0. The lowest BCUT2D eigenvalue weighted by molar-refractivity contribution is -0.131. The highest BCUT2D eigenvalue weighted by atomic mass is 35.5. The van der Waals surface area contributed by atoms with Gasteiger partial charge in [-0.2, -0.15) is 0 Å². The zero-order valence-corrected chi connectivity index (χ0v) is 16.8. The van der Waals surface area contributed by atoms with Crippen LogP contribution in [0.1, 0.15) is 24.1 Å². The molecule has 7 heteroatoms. The van der Waals surface area contributed by atoms with Gasteiger partial charge in [-0.25, -0.2) is 0 Å². The van der Waals surface area contributed by atoms with Crippen molar-refractivity contribution in [3.8, 4) is 0 Å². The Morgan fingerprint density at radius 1 is 1.25 bits per heavy atom. The van der Waals surface area contributed by atoms with E-state index in [0.717, 1.165) is 28.6 Å². The molecule has 144 valence electrons. The van der Waals surface area contributed by atoms with Crippen LogP contribution in [0.15, 0.2) is 47.4 Å². The quantitative estimate of drug-likeness (QED) is 0.666. The number of anilines is 1. The molecule has 2 heterocycles. The number of benzene rings is 2. The number of carbonyl (C=O) groups excluding carboxylic acids is 1.